The third-order valence-electron chi connectivity index (χ3n) is 7.64. The minimum absolute atomic E-state index is 0.0235. The number of halogens is 2. The van der Waals surface area contributed by atoms with Gasteiger partial charge in [0.05, 0.1) is 28.6 Å². The molecule has 0 radical (unpaired) electrons. The standard InChI is InChI=1S/C26H30ClFN6O/c27-20-7-6-19(16-21(20)28)32-24-23-22(10-15-30-25(23)35)34(33-24)26(13-14-29)11-8-18(9-12-26)31-17-4-2-1-3-5-17/h6-7,10,15-18,31H,1-5,8-9,11-13H2,(H,30,35)(H,32,33). The molecule has 9 heteroatoms. The number of nitriles is 1. The Bertz CT molecular complexity index is 1300. The Hall–Kier alpha value is -2.89. The van der Waals surface area contributed by atoms with E-state index in [9.17, 15) is 14.4 Å². The summed E-state index contributed by atoms with van der Waals surface area (Å²) in [4.78, 5) is 15.5. The van der Waals surface area contributed by atoms with Crippen LogP contribution in [0.5, 0.6) is 0 Å². The van der Waals surface area contributed by atoms with E-state index in [-0.39, 0.29) is 10.6 Å². The fourth-order valence-corrected chi connectivity index (χ4v) is 5.89. The maximum Gasteiger partial charge on any atom is 0.261 e. The van der Waals surface area contributed by atoms with Crippen LogP contribution < -0.4 is 16.2 Å². The number of hydrogen-bond acceptors (Lipinski definition) is 5. The molecule has 2 saturated carbocycles. The third-order valence-corrected chi connectivity index (χ3v) is 7.94. The lowest BCUT2D eigenvalue weighted by atomic mass is 9.77. The highest BCUT2D eigenvalue weighted by atomic mass is 35.5. The Kier molecular flexibility index (Phi) is 6.81. The van der Waals surface area contributed by atoms with Crippen LogP contribution in [0.4, 0.5) is 15.9 Å². The van der Waals surface area contributed by atoms with Crippen molar-refractivity contribution in [2.45, 2.75) is 81.8 Å². The Morgan fingerprint density at radius 3 is 2.63 bits per heavy atom. The van der Waals surface area contributed by atoms with Crippen molar-refractivity contribution in [2.24, 2.45) is 0 Å². The monoisotopic (exact) mass is 496 g/mol. The molecule has 2 fully saturated rings. The molecule has 0 bridgehead atoms. The van der Waals surface area contributed by atoms with Crippen LogP contribution in [0, 0.1) is 17.1 Å². The number of fused-ring (bicyclic) bond motifs is 1. The highest BCUT2D eigenvalue weighted by molar-refractivity contribution is 6.30. The number of aromatic nitrogens is 3. The molecule has 0 unspecified atom stereocenters. The summed E-state index contributed by atoms with van der Waals surface area (Å²) in [6, 6.07) is 9.60. The van der Waals surface area contributed by atoms with Gasteiger partial charge in [-0.1, -0.05) is 30.9 Å². The number of hydrogen-bond donors (Lipinski definition) is 3. The normalized spacial score (nSPS) is 23.3. The van der Waals surface area contributed by atoms with Crippen molar-refractivity contribution in [3.63, 3.8) is 0 Å². The van der Waals surface area contributed by atoms with Crippen LogP contribution >= 0.6 is 11.6 Å². The van der Waals surface area contributed by atoms with Crippen LogP contribution in [0.25, 0.3) is 10.9 Å². The topological polar surface area (TPSA) is 98.5 Å². The number of nitrogens with zero attached hydrogens (tertiary/aromatic N) is 3. The van der Waals surface area contributed by atoms with E-state index in [4.69, 9.17) is 16.7 Å². The van der Waals surface area contributed by atoms with Crippen molar-refractivity contribution in [3.8, 4) is 6.07 Å². The van der Waals surface area contributed by atoms with Gasteiger partial charge in [0.2, 0.25) is 0 Å². The average Bonchev–Trinajstić information content (AvgIpc) is 3.24. The third kappa shape index (κ3) is 4.80. The molecule has 2 heterocycles. The molecule has 0 atom stereocenters. The number of benzene rings is 1. The lowest BCUT2D eigenvalue weighted by Gasteiger charge is -2.41. The Morgan fingerprint density at radius 2 is 1.91 bits per heavy atom. The number of anilines is 2. The van der Waals surface area contributed by atoms with E-state index in [1.807, 2.05) is 10.7 Å². The van der Waals surface area contributed by atoms with Crippen LogP contribution in [-0.2, 0) is 5.54 Å². The van der Waals surface area contributed by atoms with Crippen LogP contribution in [-0.4, -0.2) is 26.8 Å². The Labute approximate surface area is 208 Å². The van der Waals surface area contributed by atoms with E-state index in [0.29, 0.717) is 40.9 Å². The van der Waals surface area contributed by atoms with Gasteiger partial charge in [-0.3, -0.25) is 9.48 Å². The van der Waals surface area contributed by atoms with Crippen LogP contribution in [0.1, 0.15) is 64.2 Å². The average molecular weight is 497 g/mol. The van der Waals surface area contributed by atoms with E-state index in [1.165, 1.54) is 44.2 Å². The van der Waals surface area contributed by atoms with Crippen molar-refractivity contribution < 1.29 is 4.39 Å². The highest BCUT2D eigenvalue weighted by Crippen LogP contribution is 2.41. The summed E-state index contributed by atoms with van der Waals surface area (Å²) >= 11 is 5.82. The minimum Gasteiger partial charge on any atom is -0.338 e. The molecule has 3 aromatic rings. The van der Waals surface area contributed by atoms with E-state index < -0.39 is 11.4 Å². The SMILES string of the molecule is N#CCC1(n2nc(Nc3ccc(Cl)c(F)c3)c3c(=O)[nH]ccc32)CCC(NC2CCCCC2)CC1. The zero-order valence-electron chi connectivity index (χ0n) is 19.6. The molecule has 0 saturated heterocycles. The second-order valence-electron chi connectivity index (χ2n) is 9.92. The van der Waals surface area contributed by atoms with Crippen LogP contribution in [0.15, 0.2) is 35.3 Å². The second kappa shape index (κ2) is 10.00. The van der Waals surface area contributed by atoms with Crippen molar-refractivity contribution in [2.75, 3.05) is 5.32 Å². The lowest BCUT2D eigenvalue weighted by molar-refractivity contribution is 0.151. The molecule has 0 amide bonds. The van der Waals surface area contributed by atoms with E-state index in [1.54, 1.807) is 12.3 Å². The summed E-state index contributed by atoms with van der Waals surface area (Å²) in [5.74, 6) is -0.220. The Balaban J connectivity index is 1.46. The molecule has 2 aliphatic rings. The summed E-state index contributed by atoms with van der Waals surface area (Å²) in [5, 5.41) is 21.9. The molecule has 3 N–H and O–H groups in total. The van der Waals surface area contributed by atoms with Crippen molar-refractivity contribution >= 4 is 34.0 Å². The minimum atomic E-state index is -0.556. The van der Waals surface area contributed by atoms with Gasteiger partial charge in [0.15, 0.2) is 5.82 Å². The molecule has 35 heavy (non-hydrogen) atoms. The van der Waals surface area contributed by atoms with Crippen molar-refractivity contribution in [1.29, 1.82) is 5.26 Å². The number of rotatable bonds is 6. The molecule has 2 aliphatic carbocycles. The van der Waals surface area contributed by atoms with Gasteiger partial charge in [-0.15, -0.1) is 0 Å². The summed E-state index contributed by atoms with van der Waals surface area (Å²) < 4.78 is 15.9. The van der Waals surface area contributed by atoms with Crippen LogP contribution in [0.3, 0.4) is 0 Å². The highest BCUT2D eigenvalue weighted by Gasteiger charge is 2.40. The van der Waals surface area contributed by atoms with Gasteiger partial charge in [-0.05, 0) is 62.8 Å². The van der Waals surface area contributed by atoms with E-state index >= 15 is 0 Å². The molecule has 0 spiro atoms. The van der Waals surface area contributed by atoms with Crippen molar-refractivity contribution in [1.82, 2.24) is 20.1 Å². The lowest BCUT2D eigenvalue weighted by Crippen LogP contribution is -2.46. The first-order valence-corrected chi connectivity index (χ1v) is 12.8. The zero-order chi connectivity index (χ0) is 24.4. The molecular weight excluding hydrogens is 467 g/mol. The number of aromatic amines is 1. The van der Waals surface area contributed by atoms with Gasteiger partial charge in [-0.2, -0.15) is 10.4 Å². The van der Waals surface area contributed by atoms with Gasteiger partial charge in [-0.25, -0.2) is 4.39 Å². The maximum absolute atomic E-state index is 14.0. The fourth-order valence-electron chi connectivity index (χ4n) is 5.77. The molecule has 184 valence electrons. The molecule has 5 rings (SSSR count). The van der Waals surface area contributed by atoms with Crippen LogP contribution in [0.2, 0.25) is 5.02 Å². The van der Waals surface area contributed by atoms with Gasteiger partial charge in [0.25, 0.3) is 5.56 Å². The summed E-state index contributed by atoms with van der Waals surface area (Å²) in [6.45, 7) is 0. The smallest absolute Gasteiger partial charge is 0.261 e. The molecule has 1 aromatic carbocycles. The quantitative estimate of drug-likeness (QED) is 0.404. The summed E-state index contributed by atoms with van der Waals surface area (Å²) in [5.41, 5.74) is 0.318. The predicted octanol–water partition coefficient (Wildman–Crippen LogP) is 5.73. The largest absolute Gasteiger partial charge is 0.338 e. The number of H-pyrrole nitrogens is 1. The summed E-state index contributed by atoms with van der Waals surface area (Å²) in [7, 11) is 0. The van der Waals surface area contributed by atoms with Gasteiger partial charge in [0.1, 0.15) is 11.2 Å². The predicted molar refractivity (Wildman–Crippen MR) is 136 cm³/mol. The van der Waals surface area contributed by atoms with Gasteiger partial charge < -0.3 is 15.6 Å². The first-order chi connectivity index (χ1) is 17.0. The second-order valence-corrected chi connectivity index (χ2v) is 10.3. The first kappa shape index (κ1) is 23.8. The van der Waals surface area contributed by atoms with E-state index in [0.717, 1.165) is 25.7 Å². The number of nitrogens with one attached hydrogen (secondary N) is 3. The van der Waals surface area contributed by atoms with Gasteiger partial charge >= 0.3 is 0 Å². The molecule has 0 aliphatic heterocycles. The molecular formula is C26H30ClFN6O. The van der Waals surface area contributed by atoms with E-state index in [2.05, 4.69) is 21.7 Å². The summed E-state index contributed by atoms with van der Waals surface area (Å²) in [6.07, 6.45) is 11.8. The molecule has 7 nitrogen and oxygen atoms in total. The maximum atomic E-state index is 14.0. The Morgan fingerprint density at radius 1 is 1.17 bits per heavy atom. The first-order valence-electron chi connectivity index (χ1n) is 12.4. The molecule has 2 aromatic heterocycles. The fraction of sp³-hybridized carbons (Fsp3) is 0.500. The number of pyridine rings is 1. The van der Waals surface area contributed by atoms with Gasteiger partial charge in [0, 0.05) is 24.0 Å². The van der Waals surface area contributed by atoms with Crippen molar-refractivity contribution in [3.05, 3.63) is 51.7 Å². The zero-order valence-corrected chi connectivity index (χ0v) is 20.4.